The molecular formula is C23H23FN2O4. The number of carboxylic acids is 1. The topological polar surface area (TPSA) is 75.8 Å². The summed E-state index contributed by atoms with van der Waals surface area (Å²) in [6, 6.07) is 13.9. The molecule has 3 aromatic rings. The summed E-state index contributed by atoms with van der Waals surface area (Å²) in [5.41, 5.74) is 1.90. The van der Waals surface area contributed by atoms with Gasteiger partial charge in [-0.25, -0.2) is 14.2 Å². The van der Waals surface area contributed by atoms with Crippen LogP contribution in [-0.2, 0) is 17.8 Å². The maximum atomic E-state index is 13.1. The van der Waals surface area contributed by atoms with Crippen molar-refractivity contribution in [1.82, 2.24) is 9.88 Å². The number of likely N-dealkylation sites (tertiary alicyclic amines) is 1. The van der Waals surface area contributed by atoms with Crippen LogP contribution in [0.2, 0.25) is 0 Å². The molecule has 0 unspecified atom stereocenters. The normalized spacial score (nSPS) is 16.6. The second kappa shape index (κ2) is 9.09. The number of halogens is 1. The third kappa shape index (κ3) is 4.86. The number of oxazole rings is 1. The Hall–Kier alpha value is -3.19. The molecule has 0 radical (unpaired) electrons. The monoisotopic (exact) mass is 410 g/mol. The Labute approximate surface area is 173 Å². The number of hydrogen-bond acceptors (Lipinski definition) is 5. The SMILES string of the molecule is O=C(O)COc1ccccc1CN1CCC[C@@H]1c1ncc(Cc2ccc(F)cc2)o1. The molecule has 0 saturated carbocycles. The van der Waals surface area contributed by atoms with Gasteiger partial charge in [0.05, 0.1) is 12.2 Å². The van der Waals surface area contributed by atoms with Gasteiger partial charge in [-0.15, -0.1) is 0 Å². The molecule has 1 aromatic heterocycles. The molecule has 2 heterocycles. The summed E-state index contributed by atoms with van der Waals surface area (Å²) in [4.78, 5) is 17.6. The van der Waals surface area contributed by atoms with Gasteiger partial charge in [0.2, 0.25) is 5.89 Å². The van der Waals surface area contributed by atoms with Crippen LogP contribution in [0, 0.1) is 5.82 Å². The number of carboxylic acid groups (broad SMARTS) is 1. The lowest BCUT2D eigenvalue weighted by Crippen LogP contribution is -2.23. The smallest absolute Gasteiger partial charge is 0.341 e. The number of nitrogens with zero attached hydrogens (tertiary/aromatic N) is 2. The van der Waals surface area contributed by atoms with Crippen LogP contribution in [0.4, 0.5) is 4.39 Å². The zero-order valence-electron chi connectivity index (χ0n) is 16.5. The quantitative estimate of drug-likeness (QED) is 0.600. The van der Waals surface area contributed by atoms with Gasteiger partial charge in [0.15, 0.2) is 6.61 Å². The van der Waals surface area contributed by atoms with Gasteiger partial charge in [0.25, 0.3) is 0 Å². The maximum absolute atomic E-state index is 13.1. The van der Waals surface area contributed by atoms with Crippen molar-refractivity contribution in [2.75, 3.05) is 13.2 Å². The molecule has 0 spiro atoms. The van der Waals surface area contributed by atoms with Crippen molar-refractivity contribution in [2.24, 2.45) is 0 Å². The van der Waals surface area contributed by atoms with Gasteiger partial charge < -0.3 is 14.3 Å². The van der Waals surface area contributed by atoms with Crippen LogP contribution >= 0.6 is 0 Å². The molecule has 1 N–H and O–H groups in total. The first-order valence-corrected chi connectivity index (χ1v) is 9.94. The molecule has 0 bridgehead atoms. The highest BCUT2D eigenvalue weighted by Crippen LogP contribution is 2.34. The first-order chi connectivity index (χ1) is 14.6. The Morgan fingerprint density at radius 3 is 2.83 bits per heavy atom. The number of carbonyl (C=O) groups is 1. The minimum Gasteiger partial charge on any atom is -0.482 e. The van der Waals surface area contributed by atoms with Gasteiger partial charge in [0.1, 0.15) is 17.3 Å². The number of aliphatic carboxylic acids is 1. The van der Waals surface area contributed by atoms with Gasteiger partial charge in [-0.05, 0) is 43.1 Å². The average molecular weight is 410 g/mol. The van der Waals surface area contributed by atoms with E-state index in [1.54, 1.807) is 24.4 Å². The molecule has 1 saturated heterocycles. The third-order valence-corrected chi connectivity index (χ3v) is 5.21. The Bertz CT molecular complexity index is 1000. The van der Waals surface area contributed by atoms with Gasteiger partial charge >= 0.3 is 5.97 Å². The van der Waals surface area contributed by atoms with E-state index in [0.29, 0.717) is 24.6 Å². The number of ether oxygens (including phenoxy) is 1. The van der Waals surface area contributed by atoms with E-state index in [4.69, 9.17) is 14.3 Å². The molecule has 1 fully saturated rings. The highest BCUT2D eigenvalue weighted by Gasteiger charge is 2.30. The second-order valence-electron chi connectivity index (χ2n) is 7.39. The molecule has 30 heavy (non-hydrogen) atoms. The van der Waals surface area contributed by atoms with E-state index < -0.39 is 5.97 Å². The molecule has 7 heteroatoms. The Kier molecular flexibility index (Phi) is 6.09. The van der Waals surface area contributed by atoms with E-state index in [1.165, 1.54) is 12.1 Å². The fourth-order valence-electron chi connectivity index (χ4n) is 3.79. The lowest BCUT2D eigenvalue weighted by molar-refractivity contribution is -0.139. The summed E-state index contributed by atoms with van der Waals surface area (Å²) in [6.45, 7) is 1.15. The predicted octanol–water partition coefficient (Wildman–Crippen LogP) is 4.21. The zero-order valence-corrected chi connectivity index (χ0v) is 16.5. The molecule has 2 aromatic carbocycles. The molecule has 0 amide bonds. The fourth-order valence-corrected chi connectivity index (χ4v) is 3.79. The van der Waals surface area contributed by atoms with E-state index >= 15 is 0 Å². The molecule has 1 aliphatic heterocycles. The number of benzene rings is 2. The van der Waals surface area contributed by atoms with Gasteiger partial charge in [-0.3, -0.25) is 4.90 Å². The van der Waals surface area contributed by atoms with Crippen LogP contribution in [0.25, 0.3) is 0 Å². The average Bonchev–Trinajstić information content (AvgIpc) is 3.38. The first-order valence-electron chi connectivity index (χ1n) is 9.94. The highest BCUT2D eigenvalue weighted by molar-refractivity contribution is 5.68. The lowest BCUT2D eigenvalue weighted by atomic mass is 10.1. The van der Waals surface area contributed by atoms with Crippen LogP contribution in [0.1, 0.15) is 41.7 Å². The summed E-state index contributed by atoms with van der Waals surface area (Å²) in [6.07, 6.45) is 4.26. The van der Waals surface area contributed by atoms with Crippen molar-refractivity contribution in [1.29, 1.82) is 0 Å². The number of aromatic nitrogens is 1. The molecule has 1 atom stereocenters. The standard InChI is InChI=1S/C23H23FN2O4/c24-18-9-7-16(8-10-18)12-19-13-25-23(30-19)20-5-3-11-26(20)14-17-4-1-2-6-21(17)29-15-22(27)28/h1-2,4,6-10,13,20H,3,5,11-12,14-15H2,(H,27,28)/t20-/m1/s1. The molecule has 6 nitrogen and oxygen atoms in total. The van der Waals surface area contributed by atoms with E-state index in [2.05, 4.69) is 9.88 Å². The number of rotatable bonds is 8. The third-order valence-electron chi connectivity index (χ3n) is 5.21. The summed E-state index contributed by atoms with van der Waals surface area (Å²) in [7, 11) is 0. The lowest BCUT2D eigenvalue weighted by Gasteiger charge is -2.23. The van der Waals surface area contributed by atoms with Crippen LogP contribution in [0.15, 0.2) is 59.1 Å². The van der Waals surface area contributed by atoms with Crippen molar-refractivity contribution in [3.8, 4) is 5.75 Å². The summed E-state index contributed by atoms with van der Waals surface area (Å²) in [5, 5.41) is 8.89. The van der Waals surface area contributed by atoms with Gasteiger partial charge in [-0.2, -0.15) is 0 Å². The minimum absolute atomic E-state index is 0.0551. The minimum atomic E-state index is -1.00. The van der Waals surface area contributed by atoms with Gasteiger partial charge in [0, 0.05) is 18.5 Å². The number of hydrogen-bond donors (Lipinski definition) is 1. The maximum Gasteiger partial charge on any atom is 0.341 e. The van der Waals surface area contributed by atoms with Crippen LogP contribution in [0.3, 0.4) is 0 Å². The van der Waals surface area contributed by atoms with Crippen LogP contribution in [0.5, 0.6) is 5.75 Å². The van der Waals surface area contributed by atoms with E-state index in [0.717, 1.165) is 36.3 Å². The molecule has 0 aliphatic carbocycles. The van der Waals surface area contributed by atoms with Crippen molar-refractivity contribution in [3.05, 3.63) is 83.3 Å². The van der Waals surface area contributed by atoms with E-state index in [9.17, 15) is 9.18 Å². The van der Waals surface area contributed by atoms with Crippen LogP contribution in [-0.4, -0.2) is 34.1 Å². The first kappa shape index (κ1) is 20.1. The largest absolute Gasteiger partial charge is 0.482 e. The molecular weight excluding hydrogens is 387 g/mol. The highest BCUT2D eigenvalue weighted by atomic mass is 19.1. The second-order valence-corrected chi connectivity index (χ2v) is 7.39. The predicted molar refractivity (Wildman–Crippen MR) is 108 cm³/mol. The Balaban J connectivity index is 1.45. The molecule has 156 valence electrons. The summed E-state index contributed by atoms with van der Waals surface area (Å²) < 4.78 is 24.6. The molecule has 4 rings (SSSR count). The van der Waals surface area contributed by atoms with Crippen molar-refractivity contribution < 1.29 is 23.4 Å². The van der Waals surface area contributed by atoms with E-state index in [-0.39, 0.29) is 18.5 Å². The Morgan fingerprint density at radius 1 is 1.23 bits per heavy atom. The van der Waals surface area contributed by atoms with Crippen molar-refractivity contribution in [2.45, 2.75) is 31.8 Å². The molecule has 1 aliphatic rings. The summed E-state index contributed by atoms with van der Waals surface area (Å²) >= 11 is 0. The van der Waals surface area contributed by atoms with Crippen molar-refractivity contribution in [3.63, 3.8) is 0 Å². The van der Waals surface area contributed by atoms with E-state index in [1.807, 2.05) is 18.2 Å². The fraction of sp³-hybridized carbons (Fsp3) is 0.304. The van der Waals surface area contributed by atoms with Crippen LogP contribution < -0.4 is 4.74 Å². The Morgan fingerprint density at radius 2 is 2.03 bits per heavy atom. The zero-order chi connectivity index (χ0) is 20.9. The van der Waals surface area contributed by atoms with Crippen molar-refractivity contribution >= 4 is 5.97 Å². The summed E-state index contributed by atoms with van der Waals surface area (Å²) in [5.74, 6) is 0.737. The number of para-hydroxylation sites is 1. The van der Waals surface area contributed by atoms with Gasteiger partial charge in [-0.1, -0.05) is 30.3 Å².